The number of nitrogens with two attached hydrogens (primary N) is 1. The van der Waals surface area contributed by atoms with Crippen LogP contribution < -0.4 is 5.73 Å². The number of carbonyl (C=O) groups is 1. The van der Waals surface area contributed by atoms with Crippen LogP contribution in [0.5, 0.6) is 0 Å². The highest BCUT2D eigenvalue weighted by molar-refractivity contribution is 5.90. The summed E-state index contributed by atoms with van der Waals surface area (Å²) in [4.78, 5) is 12.0. The molecule has 0 bridgehead atoms. The lowest BCUT2D eigenvalue weighted by Gasteiger charge is -2.19. The zero-order valence-electron chi connectivity index (χ0n) is 13.9. The number of ether oxygens (including phenoxy) is 1. The predicted molar refractivity (Wildman–Crippen MR) is 92.4 cm³/mol. The van der Waals surface area contributed by atoms with E-state index in [1.54, 1.807) is 0 Å². The summed E-state index contributed by atoms with van der Waals surface area (Å²) in [5, 5.41) is 0. The van der Waals surface area contributed by atoms with Gasteiger partial charge in [-0.1, -0.05) is 36.4 Å². The van der Waals surface area contributed by atoms with Crippen molar-refractivity contribution >= 4 is 5.97 Å². The maximum absolute atomic E-state index is 12.0. The molecule has 3 heteroatoms. The van der Waals surface area contributed by atoms with Crippen molar-refractivity contribution in [2.24, 2.45) is 5.73 Å². The van der Waals surface area contributed by atoms with Crippen molar-refractivity contribution in [2.75, 3.05) is 0 Å². The molecule has 1 saturated carbocycles. The molecule has 0 unspecified atom stereocenters. The van der Waals surface area contributed by atoms with Crippen molar-refractivity contribution in [2.45, 2.75) is 44.8 Å². The molecule has 0 spiro atoms. The van der Waals surface area contributed by atoms with E-state index in [1.807, 2.05) is 45.0 Å². The fraction of sp³-hybridized carbons (Fsp3) is 0.350. The number of rotatable bonds is 3. The minimum Gasteiger partial charge on any atom is -0.456 e. The van der Waals surface area contributed by atoms with Crippen molar-refractivity contribution in [1.29, 1.82) is 0 Å². The van der Waals surface area contributed by atoms with Crippen molar-refractivity contribution in [3.05, 3.63) is 59.7 Å². The first kappa shape index (κ1) is 15.8. The number of benzene rings is 2. The minimum atomic E-state index is -0.477. The first-order chi connectivity index (χ1) is 10.8. The smallest absolute Gasteiger partial charge is 0.338 e. The molecular weight excluding hydrogens is 286 g/mol. The summed E-state index contributed by atoms with van der Waals surface area (Å²) < 4.78 is 5.38. The van der Waals surface area contributed by atoms with Crippen LogP contribution >= 0.6 is 0 Å². The van der Waals surface area contributed by atoms with E-state index in [1.165, 1.54) is 5.56 Å². The van der Waals surface area contributed by atoms with Crippen LogP contribution in [0, 0.1) is 0 Å². The van der Waals surface area contributed by atoms with Gasteiger partial charge >= 0.3 is 5.97 Å². The monoisotopic (exact) mass is 309 g/mol. The second-order valence-corrected chi connectivity index (χ2v) is 7.21. The summed E-state index contributed by atoms with van der Waals surface area (Å²) in [6, 6.07) is 16.4. The lowest BCUT2D eigenvalue weighted by Crippen LogP contribution is -2.23. The van der Waals surface area contributed by atoms with Crippen LogP contribution in [0.4, 0.5) is 0 Å². The van der Waals surface area contributed by atoms with Gasteiger partial charge in [0, 0.05) is 12.0 Å². The normalized spacial score (nSPS) is 20.2. The zero-order valence-corrected chi connectivity index (χ0v) is 13.9. The van der Waals surface area contributed by atoms with Gasteiger partial charge in [0.15, 0.2) is 0 Å². The second kappa shape index (κ2) is 5.82. The largest absolute Gasteiger partial charge is 0.456 e. The fourth-order valence-corrected chi connectivity index (χ4v) is 2.66. The van der Waals surface area contributed by atoms with E-state index < -0.39 is 5.60 Å². The van der Waals surface area contributed by atoms with Gasteiger partial charge in [0.05, 0.1) is 5.56 Å². The first-order valence-corrected chi connectivity index (χ1v) is 8.03. The Bertz CT molecular complexity index is 696. The van der Waals surface area contributed by atoms with Crippen LogP contribution in [-0.2, 0) is 4.74 Å². The molecule has 3 nitrogen and oxygen atoms in total. The number of esters is 1. The number of hydrogen-bond acceptors (Lipinski definition) is 3. The van der Waals surface area contributed by atoms with Crippen LogP contribution in [0.1, 0.15) is 49.0 Å². The molecule has 0 saturated heterocycles. The van der Waals surface area contributed by atoms with E-state index in [4.69, 9.17) is 10.5 Å². The first-order valence-electron chi connectivity index (χ1n) is 8.03. The van der Waals surface area contributed by atoms with Gasteiger partial charge in [0.25, 0.3) is 0 Å². The van der Waals surface area contributed by atoms with Crippen LogP contribution in [-0.4, -0.2) is 17.6 Å². The lowest BCUT2D eigenvalue weighted by atomic mass is 10.0. The molecule has 1 aliphatic rings. The zero-order chi connectivity index (χ0) is 16.6. The van der Waals surface area contributed by atoms with E-state index in [-0.39, 0.29) is 5.97 Å². The highest BCUT2D eigenvalue weighted by Crippen LogP contribution is 2.39. The quantitative estimate of drug-likeness (QED) is 0.868. The molecular formula is C20H23NO2. The molecule has 120 valence electrons. The van der Waals surface area contributed by atoms with E-state index in [0.29, 0.717) is 17.5 Å². The van der Waals surface area contributed by atoms with Crippen LogP contribution in [0.2, 0.25) is 0 Å². The third kappa shape index (κ3) is 3.80. The van der Waals surface area contributed by atoms with Crippen molar-refractivity contribution in [1.82, 2.24) is 0 Å². The molecule has 23 heavy (non-hydrogen) atoms. The molecule has 0 heterocycles. The summed E-state index contributed by atoms with van der Waals surface area (Å²) in [5.74, 6) is 0.237. The molecule has 3 rings (SSSR count). The highest BCUT2D eigenvalue weighted by Gasteiger charge is 2.34. The molecule has 1 aliphatic carbocycles. The summed E-state index contributed by atoms with van der Waals surface area (Å²) in [7, 11) is 0. The Kier molecular flexibility index (Phi) is 3.99. The second-order valence-electron chi connectivity index (χ2n) is 7.21. The van der Waals surface area contributed by atoms with Gasteiger partial charge in [-0.25, -0.2) is 4.79 Å². The number of hydrogen-bond donors (Lipinski definition) is 1. The van der Waals surface area contributed by atoms with Gasteiger partial charge < -0.3 is 10.5 Å². The minimum absolute atomic E-state index is 0.290. The van der Waals surface area contributed by atoms with Gasteiger partial charge in [-0.15, -0.1) is 0 Å². The Labute approximate surface area is 137 Å². The van der Waals surface area contributed by atoms with Crippen molar-refractivity contribution in [3.8, 4) is 11.1 Å². The van der Waals surface area contributed by atoms with Crippen LogP contribution in [0.3, 0.4) is 0 Å². The van der Waals surface area contributed by atoms with E-state index in [0.717, 1.165) is 17.5 Å². The molecule has 0 radical (unpaired) electrons. The average Bonchev–Trinajstić information content (AvgIpc) is 3.23. The van der Waals surface area contributed by atoms with E-state index in [2.05, 4.69) is 24.3 Å². The summed E-state index contributed by atoms with van der Waals surface area (Å²) in [6.07, 6.45) is 1.09. The number of carbonyl (C=O) groups excluding carboxylic acids is 1. The van der Waals surface area contributed by atoms with Gasteiger partial charge in [-0.2, -0.15) is 0 Å². The molecule has 0 aromatic heterocycles. The third-order valence-corrected chi connectivity index (χ3v) is 4.03. The molecule has 0 aliphatic heterocycles. The Morgan fingerprint density at radius 2 is 1.48 bits per heavy atom. The van der Waals surface area contributed by atoms with Crippen molar-refractivity contribution < 1.29 is 9.53 Å². The molecule has 1 fully saturated rings. The Balaban J connectivity index is 1.73. The Morgan fingerprint density at radius 3 is 1.91 bits per heavy atom. The molecule has 2 aromatic carbocycles. The third-order valence-electron chi connectivity index (χ3n) is 4.03. The summed E-state index contributed by atoms with van der Waals surface area (Å²) in [5.41, 5.74) is 9.53. The van der Waals surface area contributed by atoms with Gasteiger partial charge in [0.2, 0.25) is 0 Å². The topological polar surface area (TPSA) is 52.3 Å². The van der Waals surface area contributed by atoms with Gasteiger partial charge in [-0.3, -0.25) is 0 Å². The Morgan fingerprint density at radius 1 is 1.00 bits per heavy atom. The van der Waals surface area contributed by atoms with Crippen LogP contribution in [0.25, 0.3) is 11.1 Å². The van der Waals surface area contributed by atoms with E-state index >= 15 is 0 Å². The lowest BCUT2D eigenvalue weighted by molar-refractivity contribution is 0.00696. The fourth-order valence-electron chi connectivity index (χ4n) is 2.66. The van der Waals surface area contributed by atoms with Crippen LogP contribution in [0.15, 0.2) is 48.5 Å². The summed E-state index contributed by atoms with van der Waals surface area (Å²) in [6.45, 7) is 5.60. The maximum atomic E-state index is 12.0. The summed E-state index contributed by atoms with van der Waals surface area (Å²) >= 11 is 0. The Hall–Kier alpha value is -2.13. The molecule has 2 N–H and O–H groups in total. The SMILES string of the molecule is CC(C)(C)OC(=O)c1ccc(-c2ccc([C@H]3C[C@@H]3N)cc2)cc1. The van der Waals surface area contributed by atoms with Gasteiger partial charge in [-0.05, 0) is 56.0 Å². The highest BCUT2D eigenvalue weighted by atomic mass is 16.6. The predicted octanol–water partition coefficient (Wildman–Crippen LogP) is 4.12. The molecule has 0 amide bonds. The average molecular weight is 309 g/mol. The molecule has 2 aromatic rings. The maximum Gasteiger partial charge on any atom is 0.338 e. The standard InChI is InChI=1S/C20H23NO2/c1-20(2,3)23-19(22)16-10-6-14(7-11-16)13-4-8-15(9-5-13)17-12-18(17)21/h4-11,17-18H,12,21H2,1-3H3/t17-,18+/m1/s1. The van der Waals surface area contributed by atoms with Gasteiger partial charge in [0.1, 0.15) is 5.60 Å². The molecule has 2 atom stereocenters. The van der Waals surface area contributed by atoms with Crippen molar-refractivity contribution in [3.63, 3.8) is 0 Å². The van der Waals surface area contributed by atoms with E-state index in [9.17, 15) is 4.79 Å².